The Hall–Kier alpha value is -2.34. The summed E-state index contributed by atoms with van der Waals surface area (Å²) in [6.45, 7) is 2.57. The summed E-state index contributed by atoms with van der Waals surface area (Å²) in [5, 5.41) is 3.23. The van der Waals surface area contributed by atoms with Crippen LogP contribution in [0.2, 0.25) is 0 Å². The monoisotopic (exact) mass is 288 g/mol. The van der Waals surface area contributed by atoms with Crippen LogP contribution in [0.1, 0.15) is 24.1 Å². The van der Waals surface area contributed by atoms with Gasteiger partial charge in [-0.3, -0.25) is 0 Å². The van der Waals surface area contributed by atoms with Crippen LogP contribution in [0.5, 0.6) is 11.8 Å². The Kier molecular flexibility index (Phi) is 4.94. The third kappa shape index (κ3) is 3.82. The molecule has 0 radical (unpaired) electrons. The van der Waals surface area contributed by atoms with E-state index in [9.17, 15) is 0 Å². The van der Waals surface area contributed by atoms with Crippen LogP contribution in [0, 0.1) is 0 Å². The highest BCUT2D eigenvalue weighted by Crippen LogP contribution is 2.22. The number of nitrogens with zero attached hydrogens (tertiary/aromatic N) is 2. The van der Waals surface area contributed by atoms with E-state index in [1.165, 1.54) is 0 Å². The third-order valence-corrected chi connectivity index (χ3v) is 3.16. The molecule has 0 bridgehead atoms. The maximum absolute atomic E-state index is 5.60. The minimum atomic E-state index is 0.0497. The Balaban J connectivity index is 2.15. The summed E-state index contributed by atoms with van der Waals surface area (Å²) in [4.78, 5) is 8.51. The first kappa shape index (κ1) is 15.1. The van der Waals surface area contributed by atoms with Gasteiger partial charge in [-0.2, -0.15) is 9.97 Å². The van der Waals surface area contributed by atoms with Gasteiger partial charge in [0.2, 0.25) is 17.7 Å². The number of nitrogens with one attached hydrogen (secondary N) is 1. The fourth-order valence-corrected chi connectivity index (χ4v) is 1.90. The van der Waals surface area contributed by atoms with E-state index < -0.39 is 0 Å². The molecule has 0 saturated carbocycles. The van der Waals surface area contributed by atoms with Crippen molar-refractivity contribution >= 4 is 5.95 Å². The Bertz CT molecular complexity index is 564. The van der Waals surface area contributed by atoms with Crippen molar-refractivity contribution in [2.75, 3.05) is 19.5 Å². The average Bonchev–Trinajstić information content (AvgIpc) is 2.54. The maximum atomic E-state index is 5.60. The summed E-state index contributed by atoms with van der Waals surface area (Å²) >= 11 is 0. The van der Waals surface area contributed by atoms with Crippen LogP contribution in [0.25, 0.3) is 0 Å². The molecular weight excluding hydrogens is 268 g/mol. The highest BCUT2D eigenvalue weighted by Gasteiger charge is 2.10. The molecule has 1 heterocycles. The smallest absolute Gasteiger partial charge is 0.229 e. The molecule has 1 atom stereocenters. The van der Waals surface area contributed by atoms with Gasteiger partial charge in [0.25, 0.3) is 0 Å². The molecule has 6 heteroatoms. The maximum Gasteiger partial charge on any atom is 0.229 e. The number of anilines is 1. The van der Waals surface area contributed by atoms with E-state index in [1.807, 2.05) is 31.2 Å². The summed E-state index contributed by atoms with van der Waals surface area (Å²) in [6.07, 6.45) is 0. The summed E-state index contributed by atoms with van der Waals surface area (Å²) in [5.74, 6) is 1.37. The van der Waals surface area contributed by atoms with Gasteiger partial charge in [-0.25, -0.2) is 0 Å². The van der Waals surface area contributed by atoms with Crippen LogP contribution < -0.4 is 20.5 Å². The normalized spacial score (nSPS) is 11.8. The summed E-state index contributed by atoms with van der Waals surface area (Å²) in [6, 6.07) is 9.79. The second-order valence-electron chi connectivity index (χ2n) is 4.59. The van der Waals surface area contributed by atoms with E-state index in [-0.39, 0.29) is 6.04 Å². The number of hydrogen-bond donors (Lipinski definition) is 2. The number of aromatic nitrogens is 2. The molecule has 2 aromatic rings. The molecule has 0 saturated heterocycles. The number of ether oxygens (including phenoxy) is 2. The number of benzene rings is 1. The van der Waals surface area contributed by atoms with Crippen LogP contribution in [0.4, 0.5) is 5.95 Å². The van der Waals surface area contributed by atoms with Gasteiger partial charge in [-0.1, -0.05) is 24.3 Å². The predicted octanol–water partition coefficient (Wildman–Crippen LogP) is 2.13. The minimum absolute atomic E-state index is 0.0497. The molecule has 112 valence electrons. The zero-order valence-electron chi connectivity index (χ0n) is 12.5. The molecule has 0 spiro atoms. The van der Waals surface area contributed by atoms with E-state index >= 15 is 0 Å². The lowest BCUT2D eigenvalue weighted by Crippen LogP contribution is -2.10. The van der Waals surface area contributed by atoms with Crippen molar-refractivity contribution in [2.24, 2.45) is 5.73 Å². The van der Waals surface area contributed by atoms with Crippen molar-refractivity contribution in [1.82, 2.24) is 9.97 Å². The zero-order chi connectivity index (χ0) is 15.2. The Labute approximate surface area is 124 Å². The van der Waals surface area contributed by atoms with Gasteiger partial charge in [-0.05, 0) is 18.1 Å². The highest BCUT2D eigenvalue weighted by molar-refractivity contribution is 5.37. The summed E-state index contributed by atoms with van der Waals surface area (Å²) in [7, 11) is 3.11. The lowest BCUT2D eigenvalue weighted by Gasteiger charge is -2.15. The van der Waals surface area contributed by atoms with Gasteiger partial charge in [0.15, 0.2) is 0 Å². The summed E-state index contributed by atoms with van der Waals surface area (Å²) in [5.41, 5.74) is 7.82. The fraction of sp³-hybridized carbons (Fsp3) is 0.333. The van der Waals surface area contributed by atoms with Crippen molar-refractivity contribution in [3.63, 3.8) is 0 Å². The second kappa shape index (κ2) is 6.90. The Morgan fingerprint density at radius 2 is 1.67 bits per heavy atom. The van der Waals surface area contributed by atoms with Crippen molar-refractivity contribution < 1.29 is 9.47 Å². The molecule has 6 nitrogen and oxygen atoms in total. The molecule has 1 aromatic heterocycles. The zero-order valence-corrected chi connectivity index (χ0v) is 12.5. The molecule has 0 fully saturated rings. The topological polar surface area (TPSA) is 82.3 Å². The predicted molar refractivity (Wildman–Crippen MR) is 81.5 cm³/mol. The largest absolute Gasteiger partial charge is 0.481 e. The Morgan fingerprint density at radius 3 is 2.14 bits per heavy atom. The first-order valence-electron chi connectivity index (χ1n) is 6.68. The SMILES string of the molecule is COc1cc(OC)nc(NC(C)c2ccc(CN)cc2)n1. The molecular formula is C15H20N4O2. The average molecular weight is 288 g/mol. The molecule has 1 unspecified atom stereocenters. The molecule has 21 heavy (non-hydrogen) atoms. The van der Waals surface area contributed by atoms with Crippen LogP contribution in [0.3, 0.4) is 0 Å². The lowest BCUT2D eigenvalue weighted by molar-refractivity contribution is 0.372. The minimum Gasteiger partial charge on any atom is -0.481 e. The molecule has 0 aliphatic heterocycles. The molecule has 3 N–H and O–H groups in total. The van der Waals surface area contributed by atoms with E-state index in [2.05, 4.69) is 15.3 Å². The standard InChI is InChI=1S/C15H20N4O2/c1-10(12-6-4-11(9-16)5-7-12)17-15-18-13(20-2)8-14(19-15)21-3/h4-8,10H,9,16H2,1-3H3,(H,17,18,19). The first-order valence-corrected chi connectivity index (χ1v) is 6.68. The van der Waals surface area contributed by atoms with Crippen LogP contribution in [0.15, 0.2) is 30.3 Å². The van der Waals surface area contributed by atoms with Gasteiger partial charge >= 0.3 is 0 Å². The third-order valence-electron chi connectivity index (χ3n) is 3.16. The van der Waals surface area contributed by atoms with E-state index in [4.69, 9.17) is 15.2 Å². The van der Waals surface area contributed by atoms with Crippen molar-refractivity contribution in [3.05, 3.63) is 41.5 Å². The van der Waals surface area contributed by atoms with Crippen LogP contribution in [-0.4, -0.2) is 24.2 Å². The van der Waals surface area contributed by atoms with Gasteiger partial charge < -0.3 is 20.5 Å². The molecule has 0 amide bonds. The van der Waals surface area contributed by atoms with E-state index in [0.29, 0.717) is 24.3 Å². The van der Waals surface area contributed by atoms with Gasteiger partial charge in [0, 0.05) is 6.54 Å². The second-order valence-corrected chi connectivity index (χ2v) is 4.59. The lowest BCUT2D eigenvalue weighted by atomic mass is 10.1. The van der Waals surface area contributed by atoms with Crippen molar-refractivity contribution in [3.8, 4) is 11.8 Å². The van der Waals surface area contributed by atoms with E-state index in [1.54, 1.807) is 20.3 Å². The van der Waals surface area contributed by atoms with Crippen molar-refractivity contribution in [2.45, 2.75) is 19.5 Å². The number of nitrogens with two attached hydrogens (primary N) is 1. The summed E-state index contributed by atoms with van der Waals surface area (Å²) < 4.78 is 10.3. The number of rotatable bonds is 6. The van der Waals surface area contributed by atoms with Gasteiger partial charge in [0.05, 0.1) is 26.3 Å². The quantitative estimate of drug-likeness (QED) is 0.847. The van der Waals surface area contributed by atoms with Crippen LogP contribution >= 0.6 is 0 Å². The van der Waals surface area contributed by atoms with E-state index in [0.717, 1.165) is 11.1 Å². The number of methoxy groups -OCH3 is 2. The van der Waals surface area contributed by atoms with Crippen molar-refractivity contribution in [1.29, 1.82) is 0 Å². The Morgan fingerprint density at radius 1 is 1.10 bits per heavy atom. The van der Waals surface area contributed by atoms with Gasteiger partial charge in [0.1, 0.15) is 0 Å². The van der Waals surface area contributed by atoms with Crippen LogP contribution in [-0.2, 0) is 6.54 Å². The molecule has 2 rings (SSSR count). The first-order chi connectivity index (χ1) is 10.2. The fourth-order valence-electron chi connectivity index (χ4n) is 1.90. The molecule has 1 aromatic carbocycles. The number of hydrogen-bond acceptors (Lipinski definition) is 6. The highest BCUT2D eigenvalue weighted by atomic mass is 16.5. The molecule has 0 aliphatic rings. The van der Waals surface area contributed by atoms with Gasteiger partial charge in [-0.15, -0.1) is 0 Å². The molecule has 0 aliphatic carbocycles.